The van der Waals surface area contributed by atoms with E-state index >= 15 is 0 Å². The molecule has 20 heavy (non-hydrogen) atoms. The van der Waals surface area contributed by atoms with Gasteiger partial charge in [-0.15, -0.1) is 0 Å². The van der Waals surface area contributed by atoms with E-state index in [4.69, 9.17) is 0 Å². The van der Waals surface area contributed by atoms with Crippen LogP contribution >= 0.6 is 0 Å². The zero-order valence-electron chi connectivity index (χ0n) is 11.9. The molecule has 1 rings (SSSR count). The van der Waals surface area contributed by atoms with Crippen molar-refractivity contribution in [1.29, 1.82) is 0 Å². The average molecular weight is 291 g/mol. The summed E-state index contributed by atoms with van der Waals surface area (Å²) in [7, 11) is 0. The highest BCUT2D eigenvalue weighted by Crippen LogP contribution is 2.32. The molecule has 5 heteroatoms. The predicted octanol–water partition coefficient (Wildman–Crippen LogP) is 5.08. The number of alkyl halides is 3. The lowest BCUT2D eigenvalue weighted by atomic mass is 9.97. The Balaban J connectivity index is 2.99. The Morgan fingerprint density at radius 1 is 1.15 bits per heavy atom. The molecule has 0 aliphatic heterocycles. The summed E-state index contributed by atoms with van der Waals surface area (Å²) in [4.78, 5) is 0. The molecule has 0 aliphatic rings. The van der Waals surface area contributed by atoms with Gasteiger partial charge in [0.1, 0.15) is 5.82 Å². The van der Waals surface area contributed by atoms with Crippen molar-refractivity contribution in [3.8, 4) is 0 Å². The Kier molecular flexibility index (Phi) is 6.46. The van der Waals surface area contributed by atoms with Gasteiger partial charge in [-0.05, 0) is 31.2 Å². The maximum atomic E-state index is 13.8. The third kappa shape index (κ3) is 4.78. The zero-order chi connectivity index (χ0) is 15.2. The van der Waals surface area contributed by atoms with Gasteiger partial charge in [0, 0.05) is 11.6 Å². The van der Waals surface area contributed by atoms with Gasteiger partial charge in [0.15, 0.2) is 0 Å². The van der Waals surface area contributed by atoms with E-state index in [9.17, 15) is 17.6 Å². The van der Waals surface area contributed by atoms with Gasteiger partial charge in [-0.3, -0.25) is 0 Å². The molecule has 0 heterocycles. The second-order valence-corrected chi connectivity index (χ2v) is 4.84. The Morgan fingerprint density at radius 2 is 1.85 bits per heavy atom. The smallest absolute Gasteiger partial charge is 0.310 e. The summed E-state index contributed by atoms with van der Waals surface area (Å²) in [6, 6.07) is 2.25. The molecule has 0 saturated heterocycles. The fraction of sp³-hybridized carbons (Fsp3) is 0.600. The van der Waals surface area contributed by atoms with Gasteiger partial charge in [-0.1, -0.05) is 33.1 Å². The molecule has 1 aromatic carbocycles. The Bertz CT molecular complexity index is 415. The molecule has 0 amide bonds. The normalized spacial score (nSPS) is 13.5. The van der Waals surface area contributed by atoms with Crippen LogP contribution in [0, 0.1) is 5.82 Å². The van der Waals surface area contributed by atoms with Crippen LogP contribution in [0.3, 0.4) is 0 Å². The maximum Gasteiger partial charge on any atom is 0.416 e. The van der Waals surface area contributed by atoms with E-state index in [0.29, 0.717) is 13.0 Å². The van der Waals surface area contributed by atoms with Gasteiger partial charge in [0.2, 0.25) is 0 Å². The van der Waals surface area contributed by atoms with Crippen molar-refractivity contribution in [3.63, 3.8) is 0 Å². The molecule has 0 saturated carbocycles. The van der Waals surface area contributed by atoms with Gasteiger partial charge in [-0.2, -0.15) is 13.2 Å². The summed E-state index contributed by atoms with van der Waals surface area (Å²) in [6.45, 7) is 4.50. The van der Waals surface area contributed by atoms with E-state index in [1.165, 1.54) is 0 Å². The minimum atomic E-state index is -4.44. The van der Waals surface area contributed by atoms with Crippen LogP contribution in [0.4, 0.5) is 17.6 Å². The van der Waals surface area contributed by atoms with Gasteiger partial charge in [-0.25, -0.2) is 4.39 Å². The van der Waals surface area contributed by atoms with Crippen LogP contribution in [0.15, 0.2) is 18.2 Å². The zero-order valence-corrected chi connectivity index (χ0v) is 11.9. The van der Waals surface area contributed by atoms with Crippen LogP contribution in [0.25, 0.3) is 0 Å². The molecular weight excluding hydrogens is 270 g/mol. The summed E-state index contributed by atoms with van der Waals surface area (Å²) >= 11 is 0. The van der Waals surface area contributed by atoms with E-state index in [-0.39, 0.29) is 11.6 Å². The Morgan fingerprint density at radius 3 is 2.40 bits per heavy atom. The highest BCUT2D eigenvalue weighted by Gasteiger charge is 2.31. The molecule has 1 atom stereocenters. The van der Waals surface area contributed by atoms with Gasteiger partial charge >= 0.3 is 6.18 Å². The van der Waals surface area contributed by atoms with E-state index in [0.717, 1.165) is 37.5 Å². The van der Waals surface area contributed by atoms with E-state index in [1.54, 1.807) is 0 Å². The molecule has 1 aromatic rings. The molecule has 1 N–H and O–H groups in total. The fourth-order valence-corrected chi connectivity index (χ4v) is 2.20. The van der Waals surface area contributed by atoms with Crippen molar-refractivity contribution < 1.29 is 17.6 Å². The molecule has 0 aromatic heterocycles. The molecule has 0 fully saturated rings. The molecule has 114 valence electrons. The first-order chi connectivity index (χ1) is 9.40. The number of nitrogens with one attached hydrogen (secondary N) is 1. The fourth-order valence-electron chi connectivity index (χ4n) is 2.20. The van der Waals surface area contributed by atoms with Crippen molar-refractivity contribution in [2.75, 3.05) is 6.54 Å². The third-order valence-electron chi connectivity index (χ3n) is 3.25. The van der Waals surface area contributed by atoms with Crippen LogP contribution in [-0.4, -0.2) is 6.54 Å². The topological polar surface area (TPSA) is 12.0 Å². The minimum absolute atomic E-state index is 0.109. The van der Waals surface area contributed by atoms with Gasteiger partial charge in [0.05, 0.1) is 5.56 Å². The summed E-state index contributed by atoms with van der Waals surface area (Å²) < 4.78 is 52.0. The molecule has 1 nitrogen and oxygen atoms in total. The first-order valence-corrected chi connectivity index (χ1v) is 7.00. The van der Waals surface area contributed by atoms with Gasteiger partial charge in [0.25, 0.3) is 0 Å². The molecule has 0 aliphatic carbocycles. The second-order valence-electron chi connectivity index (χ2n) is 4.84. The SMILES string of the molecule is CCCCCC(NCC)c1cc(C(F)(F)F)ccc1F. The summed E-state index contributed by atoms with van der Waals surface area (Å²) in [5, 5.41) is 3.07. The highest BCUT2D eigenvalue weighted by molar-refractivity contribution is 5.29. The quantitative estimate of drug-likeness (QED) is 0.546. The summed E-state index contributed by atoms with van der Waals surface area (Å²) in [5.74, 6) is -0.583. The van der Waals surface area contributed by atoms with Crippen molar-refractivity contribution >= 4 is 0 Å². The van der Waals surface area contributed by atoms with Crippen molar-refractivity contribution in [2.45, 2.75) is 51.7 Å². The molecule has 0 bridgehead atoms. The predicted molar refractivity (Wildman–Crippen MR) is 72.0 cm³/mol. The lowest BCUT2D eigenvalue weighted by Gasteiger charge is -2.20. The molecule has 0 spiro atoms. The Labute approximate surface area is 117 Å². The maximum absolute atomic E-state index is 13.8. The number of benzene rings is 1. The van der Waals surface area contributed by atoms with Crippen LogP contribution in [0.2, 0.25) is 0 Å². The van der Waals surface area contributed by atoms with Crippen molar-refractivity contribution in [3.05, 3.63) is 35.1 Å². The standard InChI is InChI=1S/C15H21F4N/c1-3-5-6-7-14(20-4-2)12-10-11(15(17,18)19)8-9-13(12)16/h8-10,14,20H,3-7H2,1-2H3. The minimum Gasteiger partial charge on any atom is -0.310 e. The van der Waals surface area contributed by atoms with Crippen LogP contribution in [0.1, 0.15) is 56.7 Å². The lowest BCUT2D eigenvalue weighted by molar-refractivity contribution is -0.137. The number of halogens is 4. The third-order valence-corrected chi connectivity index (χ3v) is 3.25. The first kappa shape index (κ1) is 17.0. The number of hydrogen-bond donors (Lipinski definition) is 1. The average Bonchev–Trinajstić information content (AvgIpc) is 2.37. The van der Waals surface area contributed by atoms with Crippen molar-refractivity contribution in [2.24, 2.45) is 0 Å². The number of rotatable bonds is 7. The van der Waals surface area contributed by atoms with E-state index in [1.807, 2.05) is 13.8 Å². The molecule has 0 radical (unpaired) electrons. The number of hydrogen-bond acceptors (Lipinski definition) is 1. The lowest BCUT2D eigenvalue weighted by Crippen LogP contribution is -2.22. The molecule has 1 unspecified atom stereocenters. The monoisotopic (exact) mass is 291 g/mol. The largest absolute Gasteiger partial charge is 0.416 e. The van der Waals surface area contributed by atoms with E-state index < -0.39 is 17.6 Å². The molecular formula is C15H21F4N. The first-order valence-electron chi connectivity index (χ1n) is 7.00. The Hall–Kier alpha value is -1.10. The van der Waals surface area contributed by atoms with Crippen LogP contribution < -0.4 is 5.32 Å². The second kappa shape index (κ2) is 7.62. The van der Waals surface area contributed by atoms with Crippen LogP contribution in [0.5, 0.6) is 0 Å². The van der Waals surface area contributed by atoms with Crippen molar-refractivity contribution in [1.82, 2.24) is 5.32 Å². The summed E-state index contributed by atoms with van der Waals surface area (Å²) in [6.07, 6.45) is -0.932. The van der Waals surface area contributed by atoms with Crippen LogP contribution in [-0.2, 0) is 6.18 Å². The highest BCUT2D eigenvalue weighted by atomic mass is 19.4. The van der Waals surface area contributed by atoms with Gasteiger partial charge < -0.3 is 5.32 Å². The van der Waals surface area contributed by atoms with E-state index in [2.05, 4.69) is 5.32 Å². The number of unbranched alkanes of at least 4 members (excludes halogenated alkanes) is 2. The summed E-state index contributed by atoms with van der Waals surface area (Å²) in [5.41, 5.74) is -0.690.